The van der Waals surface area contributed by atoms with Crippen LogP contribution in [0, 0.1) is 17.2 Å². The summed E-state index contributed by atoms with van der Waals surface area (Å²) >= 11 is 1.53. The van der Waals surface area contributed by atoms with Crippen molar-refractivity contribution in [3.8, 4) is 6.07 Å². The first kappa shape index (κ1) is 36.2. The third kappa shape index (κ3) is 10.7. The van der Waals surface area contributed by atoms with Crippen LogP contribution in [0.4, 0.5) is 0 Å². The second-order valence-electron chi connectivity index (χ2n) is 12.1. The molecule has 2 amide bonds. The van der Waals surface area contributed by atoms with Gasteiger partial charge in [0.05, 0.1) is 36.6 Å². The molecule has 3 atom stereocenters. The summed E-state index contributed by atoms with van der Waals surface area (Å²) in [5, 5.41) is 26.8. The maximum Gasteiger partial charge on any atom is 0.326 e. The Morgan fingerprint density at radius 1 is 1.04 bits per heavy atom. The summed E-state index contributed by atoms with van der Waals surface area (Å²) in [6.07, 6.45) is 6.70. The second kappa shape index (κ2) is 18.0. The topological polar surface area (TPSA) is 140 Å². The van der Waals surface area contributed by atoms with E-state index in [2.05, 4.69) is 41.6 Å². The van der Waals surface area contributed by atoms with Crippen LogP contribution in [0.25, 0.3) is 10.8 Å². The van der Waals surface area contributed by atoms with Gasteiger partial charge in [0.15, 0.2) is 0 Å². The van der Waals surface area contributed by atoms with Crippen molar-refractivity contribution in [3.05, 3.63) is 102 Å². The van der Waals surface area contributed by atoms with Gasteiger partial charge in [0.1, 0.15) is 6.04 Å². The number of thioether (sulfide) groups is 1. The molecule has 1 heterocycles. The Labute approximate surface area is 286 Å². The number of nitrogens with one attached hydrogen (secondary N) is 2. The number of hydrogen-bond donors (Lipinski definition) is 3. The van der Waals surface area contributed by atoms with Crippen molar-refractivity contribution in [2.75, 3.05) is 25.1 Å². The lowest BCUT2D eigenvalue weighted by Gasteiger charge is -2.31. The number of fused-ring (bicyclic) bond motifs is 1. The molecular formula is C37H44N6O4S. The highest BCUT2D eigenvalue weighted by Gasteiger charge is 2.26. The van der Waals surface area contributed by atoms with E-state index in [-0.39, 0.29) is 36.7 Å². The predicted molar refractivity (Wildman–Crippen MR) is 189 cm³/mol. The minimum atomic E-state index is -1.05. The molecule has 0 radical (unpaired) electrons. The number of hydrogen-bond acceptors (Lipinski definition) is 7. The minimum absolute atomic E-state index is 0.0190. The van der Waals surface area contributed by atoms with Crippen LogP contribution in [-0.4, -0.2) is 74.5 Å². The summed E-state index contributed by atoms with van der Waals surface area (Å²) in [4.78, 5) is 45.0. The summed E-state index contributed by atoms with van der Waals surface area (Å²) in [6, 6.07) is 22.4. The van der Waals surface area contributed by atoms with Crippen LogP contribution < -0.4 is 10.6 Å². The van der Waals surface area contributed by atoms with E-state index in [9.17, 15) is 19.5 Å². The molecule has 10 nitrogen and oxygen atoms in total. The van der Waals surface area contributed by atoms with Gasteiger partial charge in [0.25, 0.3) is 0 Å². The number of rotatable bonds is 18. The van der Waals surface area contributed by atoms with Gasteiger partial charge in [-0.2, -0.15) is 17.0 Å². The molecule has 0 saturated carbocycles. The first-order valence-corrected chi connectivity index (χ1v) is 17.6. The lowest BCUT2D eigenvalue weighted by atomic mass is 9.97. The molecule has 0 aliphatic carbocycles. The molecule has 4 rings (SSSR count). The van der Waals surface area contributed by atoms with Crippen molar-refractivity contribution < 1.29 is 19.5 Å². The molecule has 0 saturated heterocycles. The van der Waals surface area contributed by atoms with Crippen molar-refractivity contribution in [2.24, 2.45) is 5.92 Å². The Hall–Kier alpha value is -4.66. The summed E-state index contributed by atoms with van der Waals surface area (Å²) in [6.45, 7) is 5.54. The number of imidazole rings is 1. The van der Waals surface area contributed by atoms with Crippen LogP contribution in [0.2, 0.25) is 0 Å². The van der Waals surface area contributed by atoms with Crippen molar-refractivity contribution in [1.82, 2.24) is 25.1 Å². The smallest absolute Gasteiger partial charge is 0.326 e. The monoisotopic (exact) mass is 668 g/mol. The molecule has 11 heteroatoms. The van der Waals surface area contributed by atoms with Crippen LogP contribution >= 0.6 is 11.8 Å². The number of aromatic nitrogens is 2. The SMILES string of the molecule is CCC(C)[C@@H](CN(CC(=O)N[C@@H](CCSC)C(=O)O)Cc1cccc2ccccc12)NC(=O)Cc1cn(Cc2ccc(C#N)cc2)cn1. The van der Waals surface area contributed by atoms with E-state index in [0.29, 0.717) is 43.1 Å². The molecular weight excluding hydrogens is 625 g/mol. The molecule has 1 aromatic heterocycles. The van der Waals surface area contributed by atoms with Gasteiger partial charge in [-0.3, -0.25) is 14.5 Å². The Morgan fingerprint density at radius 3 is 2.50 bits per heavy atom. The van der Waals surface area contributed by atoms with E-state index in [0.717, 1.165) is 28.3 Å². The Bertz CT molecular complexity index is 1710. The standard InChI is InChI=1S/C37H44N6O4S/c1-4-26(2)34(41-35(44)18-31-22-43(25-39-31)20-28-14-12-27(19-38)13-15-28)23-42(24-36(45)40-33(37(46)47)16-17-48-3)21-30-10-7-9-29-8-5-6-11-32(29)30/h5-15,22,25-26,33-34H,4,16-18,20-21,23-24H2,1-3H3,(H,40,45)(H,41,44)(H,46,47)/t26?,33-,34+/m0/s1. The number of nitriles is 1. The lowest BCUT2D eigenvalue weighted by molar-refractivity contribution is -0.142. The van der Waals surface area contributed by atoms with Crippen molar-refractivity contribution in [2.45, 2.75) is 58.3 Å². The highest BCUT2D eigenvalue weighted by Crippen LogP contribution is 2.21. The third-order valence-electron chi connectivity index (χ3n) is 8.49. The predicted octanol–water partition coefficient (Wildman–Crippen LogP) is 4.85. The maximum absolute atomic E-state index is 13.4. The molecule has 0 spiro atoms. The molecule has 1 unspecified atom stereocenters. The van der Waals surface area contributed by atoms with Gasteiger partial charge >= 0.3 is 5.97 Å². The summed E-state index contributed by atoms with van der Waals surface area (Å²) in [5.74, 6) is -0.865. The van der Waals surface area contributed by atoms with Gasteiger partial charge in [0.2, 0.25) is 11.8 Å². The van der Waals surface area contributed by atoms with Crippen LogP contribution in [0.1, 0.15) is 49.1 Å². The summed E-state index contributed by atoms with van der Waals surface area (Å²) in [7, 11) is 0. The fourth-order valence-corrected chi connectivity index (χ4v) is 6.10. The zero-order valence-electron chi connectivity index (χ0n) is 27.8. The number of nitrogens with zero attached hydrogens (tertiary/aromatic N) is 4. The Kier molecular flexibility index (Phi) is 13.6. The first-order valence-electron chi connectivity index (χ1n) is 16.2. The van der Waals surface area contributed by atoms with Gasteiger partial charge < -0.3 is 20.3 Å². The van der Waals surface area contributed by atoms with Gasteiger partial charge in [0, 0.05) is 31.9 Å². The molecule has 0 fully saturated rings. The summed E-state index contributed by atoms with van der Waals surface area (Å²) in [5.41, 5.74) is 3.30. The van der Waals surface area contributed by atoms with Gasteiger partial charge in [-0.15, -0.1) is 0 Å². The van der Waals surface area contributed by atoms with Crippen molar-refractivity contribution in [1.29, 1.82) is 5.26 Å². The normalized spacial score (nSPS) is 13.1. The van der Waals surface area contributed by atoms with E-state index < -0.39 is 12.0 Å². The third-order valence-corrected chi connectivity index (χ3v) is 9.14. The number of carbonyl (C=O) groups excluding carboxylic acids is 2. The van der Waals surface area contributed by atoms with Gasteiger partial charge in [-0.1, -0.05) is 74.9 Å². The van der Waals surface area contributed by atoms with E-state index >= 15 is 0 Å². The van der Waals surface area contributed by atoms with Crippen LogP contribution in [-0.2, 0) is 33.9 Å². The number of benzene rings is 3. The Balaban J connectivity index is 1.48. The van der Waals surface area contributed by atoms with E-state index in [1.165, 1.54) is 11.8 Å². The van der Waals surface area contributed by atoms with Gasteiger partial charge in [-0.25, -0.2) is 9.78 Å². The molecule has 252 valence electrons. The molecule has 3 N–H and O–H groups in total. The maximum atomic E-state index is 13.4. The number of carboxylic acids is 1. The quantitative estimate of drug-likeness (QED) is 0.137. The number of carbonyl (C=O) groups is 3. The lowest BCUT2D eigenvalue weighted by Crippen LogP contribution is -2.51. The molecule has 3 aromatic carbocycles. The first-order chi connectivity index (χ1) is 23.2. The van der Waals surface area contributed by atoms with Crippen molar-refractivity contribution >= 4 is 40.3 Å². The fraction of sp³-hybridized carbons (Fsp3) is 0.378. The average Bonchev–Trinajstić information content (AvgIpc) is 3.52. The largest absolute Gasteiger partial charge is 0.480 e. The fourth-order valence-electron chi connectivity index (χ4n) is 5.62. The van der Waals surface area contributed by atoms with Crippen LogP contribution in [0.15, 0.2) is 79.3 Å². The zero-order valence-corrected chi connectivity index (χ0v) is 28.6. The van der Waals surface area contributed by atoms with E-state index in [1.54, 1.807) is 18.5 Å². The highest BCUT2D eigenvalue weighted by atomic mass is 32.2. The Morgan fingerprint density at radius 2 is 1.79 bits per heavy atom. The molecule has 48 heavy (non-hydrogen) atoms. The number of aliphatic carboxylic acids is 1. The van der Waals surface area contributed by atoms with E-state index in [4.69, 9.17) is 5.26 Å². The second-order valence-corrected chi connectivity index (χ2v) is 13.1. The average molecular weight is 669 g/mol. The van der Waals surface area contributed by atoms with Gasteiger partial charge in [-0.05, 0) is 58.4 Å². The zero-order chi connectivity index (χ0) is 34.5. The van der Waals surface area contributed by atoms with Crippen molar-refractivity contribution in [3.63, 3.8) is 0 Å². The number of amides is 2. The summed E-state index contributed by atoms with van der Waals surface area (Å²) < 4.78 is 1.91. The van der Waals surface area contributed by atoms with Crippen LogP contribution in [0.3, 0.4) is 0 Å². The molecule has 0 aliphatic heterocycles. The highest BCUT2D eigenvalue weighted by molar-refractivity contribution is 7.98. The molecule has 4 aromatic rings. The minimum Gasteiger partial charge on any atom is -0.480 e. The van der Waals surface area contributed by atoms with Crippen LogP contribution in [0.5, 0.6) is 0 Å². The molecule has 0 aliphatic rings. The number of carboxylic acid groups (broad SMARTS) is 1. The van der Waals surface area contributed by atoms with E-state index in [1.807, 2.05) is 70.5 Å². The molecule has 0 bridgehead atoms.